The highest BCUT2D eigenvalue weighted by atomic mass is 35.5. The average molecular weight is 304 g/mol. The molecule has 0 aliphatic heterocycles. The molecule has 1 heterocycles. The van der Waals surface area contributed by atoms with Crippen LogP contribution in [-0.2, 0) is 0 Å². The first kappa shape index (κ1) is 14.7. The van der Waals surface area contributed by atoms with E-state index in [2.05, 4.69) is 36.5 Å². The molecule has 112 valence electrons. The third-order valence-corrected chi connectivity index (χ3v) is 4.68. The molecule has 1 saturated carbocycles. The van der Waals surface area contributed by atoms with Crippen molar-refractivity contribution in [3.8, 4) is 0 Å². The van der Waals surface area contributed by atoms with E-state index >= 15 is 0 Å². The quantitative estimate of drug-likeness (QED) is 0.784. The minimum atomic E-state index is 0.108. The lowest BCUT2D eigenvalue weighted by atomic mass is 9.79. The van der Waals surface area contributed by atoms with E-state index in [4.69, 9.17) is 16.0 Å². The summed E-state index contributed by atoms with van der Waals surface area (Å²) in [5.41, 5.74) is 3.76. The molecular formula is C18H22ClNO. The Labute approximate surface area is 131 Å². The fraction of sp³-hybridized carbons (Fsp3) is 0.444. The minimum Gasteiger partial charge on any atom is -0.453 e. The van der Waals surface area contributed by atoms with E-state index in [9.17, 15) is 0 Å². The molecule has 0 radical (unpaired) electrons. The number of furan rings is 1. The van der Waals surface area contributed by atoms with E-state index in [1.54, 1.807) is 6.26 Å². The summed E-state index contributed by atoms with van der Waals surface area (Å²) in [6.45, 7) is 3.13. The van der Waals surface area contributed by atoms with Gasteiger partial charge in [0.25, 0.3) is 0 Å². The van der Waals surface area contributed by atoms with Gasteiger partial charge in [0.1, 0.15) is 0 Å². The summed E-state index contributed by atoms with van der Waals surface area (Å²) in [7, 11) is 0. The molecule has 1 aromatic heterocycles. The molecule has 0 amide bonds. The highest BCUT2D eigenvalue weighted by molar-refractivity contribution is 6.29. The Bertz CT molecular complexity index is 588. The number of halogens is 1. The summed E-state index contributed by atoms with van der Waals surface area (Å²) in [4.78, 5) is 0. The number of hydrogen-bond donors (Lipinski definition) is 1. The summed E-state index contributed by atoms with van der Waals surface area (Å²) in [5.74, 6) is 0.747. The smallest absolute Gasteiger partial charge is 0.198 e. The van der Waals surface area contributed by atoms with Crippen LogP contribution in [0.1, 0.15) is 61.3 Å². The first-order valence-corrected chi connectivity index (χ1v) is 8.23. The van der Waals surface area contributed by atoms with Gasteiger partial charge >= 0.3 is 0 Å². The maximum absolute atomic E-state index is 6.20. The van der Waals surface area contributed by atoms with Gasteiger partial charge in [-0.2, -0.15) is 0 Å². The van der Waals surface area contributed by atoms with Crippen LogP contribution >= 0.6 is 11.6 Å². The van der Waals surface area contributed by atoms with Crippen molar-refractivity contribution in [3.63, 3.8) is 0 Å². The molecule has 2 nitrogen and oxygen atoms in total. The molecule has 0 saturated heterocycles. The monoisotopic (exact) mass is 303 g/mol. The summed E-state index contributed by atoms with van der Waals surface area (Å²) in [5, 5.41) is 4.07. The Kier molecular flexibility index (Phi) is 4.67. The lowest BCUT2D eigenvalue weighted by molar-refractivity contribution is 0.419. The molecule has 1 aromatic carbocycles. The van der Waals surface area contributed by atoms with Crippen molar-refractivity contribution < 1.29 is 4.42 Å². The number of hydrogen-bond acceptors (Lipinski definition) is 2. The molecule has 21 heavy (non-hydrogen) atoms. The van der Waals surface area contributed by atoms with Gasteiger partial charge in [0.15, 0.2) is 5.22 Å². The van der Waals surface area contributed by atoms with Crippen LogP contribution in [0.25, 0.3) is 0 Å². The molecule has 0 spiro atoms. The van der Waals surface area contributed by atoms with Gasteiger partial charge in [-0.3, -0.25) is 0 Å². The Morgan fingerprint density at radius 1 is 1.33 bits per heavy atom. The maximum atomic E-state index is 6.20. The molecule has 1 N–H and O–H groups in total. The van der Waals surface area contributed by atoms with Crippen molar-refractivity contribution in [2.24, 2.45) is 0 Å². The van der Waals surface area contributed by atoms with Crippen molar-refractivity contribution in [2.75, 3.05) is 6.54 Å². The van der Waals surface area contributed by atoms with Gasteiger partial charge in [-0.1, -0.05) is 37.6 Å². The van der Waals surface area contributed by atoms with E-state index in [1.807, 2.05) is 6.07 Å². The van der Waals surface area contributed by atoms with Crippen LogP contribution in [-0.4, -0.2) is 6.54 Å². The summed E-state index contributed by atoms with van der Waals surface area (Å²) >= 11 is 6.20. The predicted octanol–water partition coefficient (Wildman–Crippen LogP) is 5.29. The third-order valence-electron chi connectivity index (χ3n) is 4.38. The first-order valence-electron chi connectivity index (χ1n) is 7.85. The Hall–Kier alpha value is -1.25. The van der Waals surface area contributed by atoms with Gasteiger partial charge < -0.3 is 9.73 Å². The van der Waals surface area contributed by atoms with Gasteiger partial charge in [0.2, 0.25) is 0 Å². The van der Waals surface area contributed by atoms with Gasteiger partial charge in [-0.05, 0) is 60.5 Å². The molecule has 3 rings (SSSR count). The zero-order chi connectivity index (χ0) is 14.7. The average Bonchev–Trinajstić information content (AvgIpc) is 2.84. The van der Waals surface area contributed by atoms with Crippen molar-refractivity contribution >= 4 is 11.6 Å². The summed E-state index contributed by atoms with van der Waals surface area (Å²) in [6, 6.07) is 11.0. The highest BCUT2D eigenvalue weighted by Gasteiger charge is 2.22. The second kappa shape index (κ2) is 6.67. The fourth-order valence-corrected chi connectivity index (χ4v) is 3.16. The summed E-state index contributed by atoms with van der Waals surface area (Å²) in [6.07, 6.45) is 6.76. The maximum Gasteiger partial charge on any atom is 0.198 e. The van der Waals surface area contributed by atoms with Crippen LogP contribution in [0.3, 0.4) is 0 Å². The van der Waals surface area contributed by atoms with Crippen molar-refractivity contribution in [1.82, 2.24) is 5.32 Å². The fourth-order valence-electron chi connectivity index (χ4n) is 2.94. The molecule has 2 aromatic rings. The van der Waals surface area contributed by atoms with Gasteiger partial charge in [-0.25, -0.2) is 0 Å². The first-order chi connectivity index (χ1) is 10.3. The Morgan fingerprint density at radius 3 is 2.81 bits per heavy atom. The van der Waals surface area contributed by atoms with E-state index in [-0.39, 0.29) is 6.04 Å². The Balaban J connectivity index is 1.90. The normalized spacial score (nSPS) is 16.7. The molecule has 3 heteroatoms. The number of rotatable bonds is 6. The van der Waals surface area contributed by atoms with E-state index < -0.39 is 0 Å². The standard InChI is InChI=1S/C18H22ClNO/c1-2-10-20-17(16-9-11-21-18(16)19)15-8-4-7-14(12-15)13-5-3-6-13/h4,7-9,11-13,17,20H,2-3,5-6,10H2,1H3. The van der Waals surface area contributed by atoms with E-state index in [0.29, 0.717) is 5.22 Å². The van der Waals surface area contributed by atoms with E-state index in [0.717, 1.165) is 24.4 Å². The molecule has 1 aliphatic carbocycles. The molecule has 0 bridgehead atoms. The minimum absolute atomic E-state index is 0.108. The van der Waals surface area contributed by atoms with E-state index in [1.165, 1.54) is 30.4 Å². The van der Waals surface area contributed by atoms with Crippen LogP contribution in [0, 0.1) is 0 Å². The largest absolute Gasteiger partial charge is 0.453 e. The van der Waals surface area contributed by atoms with Crippen LogP contribution in [0.15, 0.2) is 41.0 Å². The third kappa shape index (κ3) is 3.17. The molecular weight excluding hydrogens is 282 g/mol. The zero-order valence-electron chi connectivity index (χ0n) is 12.4. The lowest BCUT2D eigenvalue weighted by Gasteiger charge is -2.27. The highest BCUT2D eigenvalue weighted by Crippen LogP contribution is 2.38. The summed E-state index contributed by atoms with van der Waals surface area (Å²) < 4.78 is 5.28. The van der Waals surface area contributed by atoms with Gasteiger partial charge in [0.05, 0.1) is 12.3 Å². The Morgan fingerprint density at radius 2 is 2.19 bits per heavy atom. The lowest BCUT2D eigenvalue weighted by Crippen LogP contribution is -2.23. The van der Waals surface area contributed by atoms with Crippen molar-refractivity contribution in [1.29, 1.82) is 0 Å². The molecule has 1 fully saturated rings. The van der Waals surface area contributed by atoms with Crippen LogP contribution in [0.5, 0.6) is 0 Å². The van der Waals surface area contributed by atoms with Crippen LogP contribution in [0.4, 0.5) is 0 Å². The zero-order valence-corrected chi connectivity index (χ0v) is 13.2. The number of nitrogens with one attached hydrogen (secondary N) is 1. The second-order valence-corrected chi connectivity index (χ2v) is 6.18. The number of benzene rings is 1. The SMILES string of the molecule is CCCNC(c1cccc(C2CCC2)c1)c1ccoc1Cl. The van der Waals surface area contributed by atoms with Crippen molar-refractivity contribution in [2.45, 2.75) is 44.6 Å². The molecule has 1 aliphatic rings. The topological polar surface area (TPSA) is 25.2 Å². The van der Waals surface area contributed by atoms with Crippen LogP contribution < -0.4 is 5.32 Å². The van der Waals surface area contributed by atoms with Crippen molar-refractivity contribution in [3.05, 3.63) is 58.5 Å². The molecule has 1 atom stereocenters. The van der Waals surface area contributed by atoms with Gasteiger partial charge in [0, 0.05) is 5.56 Å². The van der Waals surface area contributed by atoms with Gasteiger partial charge in [-0.15, -0.1) is 0 Å². The van der Waals surface area contributed by atoms with Crippen LogP contribution in [0.2, 0.25) is 5.22 Å². The molecule has 1 unspecified atom stereocenters. The predicted molar refractivity (Wildman–Crippen MR) is 86.9 cm³/mol. The second-order valence-electron chi connectivity index (χ2n) is 5.83.